The van der Waals surface area contributed by atoms with Gasteiger partial charge in [0.05, 0.1) is 12.6 Å². The molecule has 0 bridgehead atoms. The van der Waals surface area contributed by atoms with Crippen molar-refractivity contribution in [3.63, 3.8) is 0 Å². The molecule has 132 valence electrons. The third kappa shape index (κ3) is 3.69. The SMILES string of the molecule is CC(Oc1cccc(CO)c1)C(=O)NC1CC(C)(C)c2ccccc21. The lowest BCUT2D eigenvalue weighted by Gasteiger charge is -2.21. The Bertz CT molecular complexity index is 769. The van der Waals surface area contributed by atoms with Gasteiger partial charge in [0, 0.05) is 0 Å². The van der Waals surface area contributed by atoms with Crippen molar-refractivity contribution in [2.75, 3.05) is 0 Å². The van der Waals surface area contributed by atoms with Gasteiger partial charge in [-0.1, -0.05) is 50.2 Å². The molecule has 1 aliphatic carbocycles. The number of hydrogen-bond donors (Lipinski definition) is 2. The molecule has 2 unspecified atom stereocenters. The molecule has 0 fully saturated rings. The van der Waals surface area contributed by atoms with Crippen LogP contribution in [0.25, 0.3) is 0 Å². The zero-order valence-corrected chi connectivity index (χ0v) is 15.0. The van der Waals surface area contributed by atoms with E-state index >= 15 is 0 Å². The maximum absolute atomic E-state index is 12.6. The molecule has 3 rings (SSSR count). The number of carbonyl (C=O) groups is 1. The second-order valence-corrected chi connectivity index (χ2v) is 7.30. The van der Waals surface area contributed by atoms with Crippen LogP contribution in [-0.4, -0.2) is 17.1 Å². The minimum Gasteiger partial charge on any atom is -0.481 e. The van der Waals surface area contributed by atoms with Gasteiger partial charge in [-0.2, -0.15) is 0 Å². The Hall–Kier alpha value is -2.33. The second-order valence-electron chi connectivity index (χ2n) is 7.30. The first-order chi connectivity index (χ1) is 11.9. The summed E-state index contributed by atoms with van der Waals surface area (Å²) in [7, 11) is 0. The van der Waals surface area contributed by atoms with Crippen molar-refractivity contribution in [1.29, 1.82) is 0 Å². The normalized spacial score (nSPS) is 19.1. The van der Waals surface area contributed by atoms with E-state index in [4.69, 9.17) is 4.74 Å². The number of rotatable bonds is 5. The lowest BCUT2D eigenvalue weighted by molar-refractivity contribution is -0.128. The molecule has 0 radical (unpaired) electrons. The van der Waals surface area contributed by atoms with E-state index in [2.05, 4.69) is 31.3 Å². The van der Waals surface area contributed by atoms with E-state index in [1.165, 1.54) is 11.1 Å². The molecule has 0 heterocycles. The first kappa shape index (κ1) is 17.5. The van der Waals surface area contributed by atoms with E-state index in [9.17, 15) is 9.90 Å². The van der Waals surface area contributed by atoms with Crippen LogP contribution in [0.3, 0.4) is 0 Å². The lowest BCUT2D eigenvalue weighted by atomic mass is 9.86. The molecule has 0 aromatic heterocycles. The van der Waals surface area contributed by atoms with Crippen LogP contribution >= 0.6 is 0 Å². The Morgan fingerprint density at radius 1 is 1.28 bits per heavy atom. The van der Waals surface area contributed by atoms with Gasteiger partial charge < -0.3 is 15.2 Å². The summed E-state index contributed by atoms with van der Waals surface area (Å²) in [6.45, 7) is 6.11. The predicted molar refractivity (Wildman–Crippen MR) is 97.4 cm³/mol. The zero-order chi connectivity index (χ0) is 18.0. The number of aliphatic hydroxyl groups is 1. The number of fused-ring (bicyclic) bond motifs is 1. The van der Waals surface area contributed by atoms with Gasteiger partial charge in [0.2, 0.25) is 0 Å². The average Bonchev–Trinajstić information content (AvgIpc) is 2.86. The van der Waals surface area contributed by atoms with Gasteiger partial charge in [-0.3, -0.25) is 4.79 Å². The van der Waals surface area contributed by atoms with Gasteiger partial charge in [-0.25, -0.2) is 0 Å². The van der Waals surface area contributed by atoms with E-state index in [0.29, 0.717) is 5.75 Å². The zero-order valence-electron chi connectivity index (χ0n) is 15.0. The fraction of sp³-hybridized carbons (Fsp3) is 0.381. The smallest absolute Gasteiger partial charge is 0.261 e. The van der Waals surface area contributed by atoms with Crippen molar-refractivity contribution < 1.29 is 14.6 Å². The summed E-state index contributed by atoms with van der Waals surface area (Å²) in [6.07, 6.45) is 0.273. The number of carbonyl (C=O) groups excluding carboxylic acids is 1. The summed E-state index contributed by atoms with van der Waals surface area (Å²) in [5.41, 5.74) is 3.30. The van der Waals surface area contributed by atoms with Crippen molar-refractivity contribution in [2.45, 2.75) is 51.4 Å². The molecule has 25 heavy (non-hydrogen) atoms. The molecule has 1 amide bonds. The molecule has 4 nitrogen and oxygen atoms in total. The molecule has 0 saturated heterocycles. The quantitative estimate of drug-likeness (QED) is 0.877. The van der Waals surface area contributed by atoms with E-state index in [1.807, 2.05) is 18.2 Å². The summed E-state index contributed by atoms with van der Waals surface area (Å²) in [4.78, 5) is 12.6. The van der Waals surface area contributed by atoms with Crippen molar-refractivity contribution in [3.8, 4) is 5.75 Å². The highest BCUT2D eigenvalue weighted by atomic mass is 16.5. The maximum atomic E-state index is 12.6. The van der Waals surface area contributed by atoms with Crippen LogP contribution in [0.4, 0.5) is 0 Å². The molecule has 0 aliphatic heterocycles. The summed E-state index contributed by atoms with van der Waals surface area (Å²) >= 11 is 0. The number of amides is 1. The third-order valence-electron chi connectivity index (χ3n) is 4.86. The molecule has 2 aromatic rings. The highest BCUT2D eigenvalue weighted by molar-refractivity contribution is 5.81. The Morgan fingerprint density at radius 3 is 2.80 bits per heavy atom. The van der Waals surface area contributed by atoms with Gasteiger partial charge in [-0.05, 0) is 47.6 Å². The van der Waals surface area contributed by atoms with Crippen LogP contribution in [0.2, 0.25) is 0 Å². The topological polar surface area (TPSA) is 58.6 Å². The number of nitrogens with one attached hydrogen (secondary N) is 1. The largest absolute Gasteiger partial charge is 0.481 e. The predicted octanol–water partition coefficient (Wildman–Crippen LogP) is 3.49. The first-order valence-electron chi connectivity index (χ1n) is 8.67. The maximum Gasteiger partial charge on any atom is 0.261 e. The standard InChI is InChI=1S/C21H25NO3/c1-14(25-16-8-6-7-15(11-16)13-23)20(24)22-19-12-21(2,3)18-10-5-4-9-17(18)19/h4-11,14,19,23H,12-13H2,1-3H3,(H,22,24). The van der Waals surface area contributed by atoms with E-state index in [0.717, 1.165) is 12.0 Å². The van der Waals surface area contributed by atoms with E-state index < -0.39 is 6.10 Å². The molecular formula is C21H25NO3. The molecule has 0 spiro atoms. The second kappa shape index (κ2) is 6.89. The number of benzene rings is 2. The van der Waals surface area contributed by atoms with Crippen LogP contribution in [-0.2, 0) is 16.8 Å². The minimum atomic E-state index is -0.607. The van der Waals surface area contributed by atoms with Crippen LogP contribution in [0.15, 0.2) is 48.5 Å². The van der Waals surface area contributed by atoms with Crippen LogP contribution in [0.5, 0.6) is 5.75 Å². The van der Waals surface area contributed by atoms with Gasteiger partial charge >= 0.3 is 0 Å². The summed E-state index contributed by atoms with van der Waals surface area (Å²) in [5.74, 6) is 0.452. The van der Waals surface area contributed by atoms with Crippen molar-refractivity contribution in [3.05, 3.63) is 65.2 Å². The fourth-order valence-electron chi connectivity index (χ4n) is 3.54. The Kier molecular flexibility index (Phi) is 4.82. The van der Waals surface area contributed by atoms with Gasteiger partial charge in [-0.15, -0.1) is 0 Å². The highest BCUT2D eigenvalue weighted by Gasteiger charge is 2.37. The molecule has 1 aliphatic rings. The Morgan fingerprint density at radius 2 is 2.04 bits per heavy atom. The molecule has 0 saturated carbocycles. The third-order valence-corrected chi connectivity index (χ3v) is 4.86. The Labute approximate surface area is 148 Å². The molecular weight excluding hydrogens is 314 g/mol. The van der Waals surface area contributed by atoms with Crippen molar-refractivity contribution >= 4 is 5.91 Å². The van der Waals surface area contributed by atoms with Crippen molar-refractivity contribution in [1.82, 2.24) is 5.32 Å². The summed E-state index contributed by atoms with van der Waals surface area (Å²) in [5, 5.41) is 12.3. The molecule has 2 atom stereocenters. The number of hydrogen-bond acceptors (Lipinski definition) is 3. The van der Waals surface area contributed by atoms with E-state index in [1.54, 1.807) is 25.1 Å². The lowest BCUT2D eigenvalue weighted by Crippen LogP contribution is -2.38. The molecule has 4 heteroatoms. The van der Waals surface area contributed by atoms with Gasteiger partial charge in [0.15, 0.2) is 6.10 Å². The summed E-state index contributed by atoms with van der Waals surface area (Å²) < 4.78 is 5.75. The van der Waals surface area contributed by atoms with Crippen LogP contribution in [0, 0.1) is 0 Å². The van der Waals surface area contributed by atoms with Crippen LogP contribution < -0.4 is 10.1 Å². The van der Waals surface area contributed by atoms with Crippen molar-refractivity contribution in [2.24, 2.45) is 0 Å². The van der Waals surface area contributed by atoms with Gasteiger partial charge in [0.25, 0.3) is 5.91 Å². The average molecular weight is 339 g/mol. The molecule has 2 aromatic carbocycles. The van der Waals surface area contributed by atoms with E-state index in [-0.39, 0.29) is 24.0 Å². The highest BCUT2D eigenvalue weighted by Crippen LogP contribution is 2.44. The number of ether oxygens (including phenoxy) is 1. The van der Waals surface area contributed by atoms with Gasteiger partial charge in [0.1, 0.15) is 5.75 Å². The monoisotopic (exact) mass is 339 g/mol. The Balaban J connectivity index is 1.68. The minimum absolute atomic E-state index is 0.00789. The fourth-order valence-corrected chi connectivity index (χ4v) is 3.54. The number of aliphatic hydroxyl groups excluding tert-OH is 1. The molecule has 2 N–H and O–H groups in total. The first-order valence-corrected chi connectivity index (χ1v) is 8.67. The summed E-state index contributed by atoms with van der Waals surface area (Å²) in [6, 6.07) is 15.5. The van der Waals surface area contributed by atoms with Crippen LogP contribution in [0.1, 0.15) is 49.9 Å².